The van der Waals surface area contributed by atoms with Crippen LogP contribution >= 0.6 is 11.3 Å². The number of benzene rings is 2. The third-order valence-electron chi connectivity index (χ3n) is 6.80. The molecule has 0 spiro atoms. The number of ether oxygens (including phenoxy) is 3. The second-order valence-corrected chi connectivity index (χ2v) is 10.3. The van der Waals surface area contributed by atoms with Crippen LogP contribution in [0.25, 0.3) is 21.9 Å². The molecular weight excluding hydrogens is 542 g/mol. The Hall–Kier alpha value is -4.64. The highest BCUT2D eigenvalue weighted by molar-refractivity contribution is 7.15. The van der Waals surface area contributed by atoms with Gasteiger partial charge in [-0.05, 0) is 56.2 Å². The van der Waals surface area contributed by atoms with Crippen molar-refractivity contribution in [2.24, 2.45) is 0 Å². The summed E-state index contributed by atoms with van der Waals surface area (Å²) in [6.07, 6.45) is 0.667. The van der Waals surface area contributed by atoms with Gasteiger partial charge in [-0.3, -0.25) is 14.0 Å². The summed E-state index contributed by atoms with van der Waals surface area (Å²) in [5.41, 5.74) is 4.42. The van der Waals surface area contributed by atoms with Crippen LogP contribution in [0.3, 0.4) is 0 Å². The summed E-state index contributed by atoms with van der Waals surface area (Å²) < 4.78 is 19.4. The molecule has 212 valence electrons. The van der Waals surface area contributed by atoms with Gasteiger partial charge in [0.15, 0.2) is 16.5 Å². The van der Waals surface area contributed by atoms with Crippen LogP contribution in [0.4, 0.5) is 0 Å². The molecule has 1 N–H and O–H groups in total. The minimum Gasteiger partial charge on any atom is -0.494 e. The average molecular weight is 574 g/mol. The number of aryl methyl sites for hydroxylation is 2. The van der Waals surface area contributed by atoms with Crippen LogP contribution in [-0.4, -0.2) is 52.9 Å². The van der Waals surface area contributed by atoms with E-state index in [1.54, 1.807) is 38.3 Å². The Bertz CT molecular complexity index is 1790. The highest BCUT2D eigenvalue weighted by atomic mass is 32.1. The van der Waals surface area contributed by atoms with Crippen LogP contribution < -0.4 is 25.1 Å². The number of carbonyl (C=O) groups is 1. The molecule has 1 amide bonds. The van der Waals surface area contributed by atoms with Crippen molar-refractivity contribution < 1.29 is 19.0 Å². The highest BCUT2D eigenvalue weighted by Crippen LogP contribution is 2.28. The van der Waals surface area contributed by atoms with Crippen LogP contribution in [0.2, 0.25) is 0 Å². The molecule has 2 aromatic carbocycles. The molecule has 5 aromatic rings. The Labute approximate surface area is 241 Å². The fourth-order valence-corrected chi connectivity index (χ4v) is 5.70. The van der Waals surface area contributed by atoms with E-state index in [0.29, 0.717) is 57.8 Å². The zero-order chi connectivity index (χ0) is 29.1. The number of thiazole rings is 1. The summed E-state index contributed by atoms with van der Waals surface area (Å²) >= 11 is 1.33. The number of fused-ring (bicyclic) bond motifs is 1. The lowest BCUT2D eigenvalue weighted by Crippen LogP contribution is -2.29. The molecule has 0 atom stereocenters. The van der Waals surface area contributed by atoms with Crippen molar-refractivity contribution in [1.29, 1.82) is 0 Å². The molecule has 0 fully saturated rings. The maximum absolute atomic E-state index is 13.8. The zero-order valence-corrected chi connectivity index (χ0v) is 24.4. The highest BCUT2D eigenvalue weighted by Gasteiger charge is 2.21. The minimum absolute atomic E-state index is 0.0463. The van der Waals surface area contributed by atoms with Gasteiger partial charge in [0.1, 0.15) is 17.1 Å². The molecule has 0 saturated heterocycles. The lowest BCUT2D eigenvalue weighted by Gasteiger charge is -2.10. The van der Waals surface area contributed by atoms with Crippen molar-refractivity contribution in [2.75, 3.05) is 27.9 Å². The van der Waals surface area contributed by atoms with Crippen molar-refractivity contribution >= 4 is 22.2 Å². The monoisotopic (exact) mass is 573 g/mol. The lowest BCUT2D eigenvalue weighted by atomic mass is 10.1. The van der Waals surface area contributed by atoms with Gasteiger partial charge in [-0.25, -0.2) is 9.67 Å². The number of nitrogens with zero attached hydrogens (tertiary/aromatic N) is 4. The summed E-state index contributed by atoms with van der Waals surface area (Å²) in [5.74, 6) is 1.78. The molecule has 5 rings (SSSR count). The Kier molecular flexibility index (Phi) is 8.06. The molecule has 41 heavy (non-hydrogen) atoms. The van der Waals surface area contributed by atoms with Crippen LogP contribution in [0, 0.1) is 13.8 Å². The Balaban J connectivity index is 1.37. The molecule has 0 aliphatic carbocycles. The normalized spacial score (nSPS) is 11.0. The maximum Gasteiger partial charge on any atom is 0.268 e. The predicted molar refractivity (Wildman–Crippen MR) is 158 cm³/mol. The van der Waals surface area contributed by atoms with Crippen LogP contribution in [0.1, 0.15) is 22.6 Å². The minimum atomic E-state index is -0.258. The molecule has 0 radical (unpaired) electrons. The summed E-state index contributed by atoms with van der Waals surface area (Å²) in [5, 5.41) is 9.50. The van der Waals surface area contributed by atoms with Crippen LogP contribution in [0.15, 0.2) is 58.7 Å². The van der Waals surface area contributed by atoms with Gasteiger partial charge in [-0.2, -0.15) is 5.10 Å². The standard InChI is InChI=1S/C30H31N5O5S/c1-18-14-22(33-35(18)23-8-6-7-9-24(23)38-3)28-19(2)32-30-34(29(28)37)21(17-41-30)16-27(36)31-13-12-20-10-11-25(39-4)26(15-20)40-5/h6-11,14-15,17H,12-13,16H2,1-5H3,(H,31,36). The Morgan fingerprint density at radius 3 is 2.49 bits per heavy atom. The van der Waals surface area contributed by atoms with Crippen molar-refractivity contribution in [1.82, 2.24) is 24.5 Å². The summed E-state index contributed by atoms with van der Waals surface area (Å²) in [4.78, 5) is 31.9. The van der Waals surface area contributed by atoms with E-state index in [4.69, 9.17) is 19.3 Å². The number of nitrogens with one attached hydrogen (secondary N) is 1. The first-order valence-corrected chi connectivity index (χ1v) is 13.9. The van der Waals surface area contributed by atoms with E-state index in [1.165, 1.54) is 15.7 Å². The van der Waals surface area contributed by atoms with Gasteiger partial charge in [-0.1, -0.05) is 18.2 Å². The molecule has 0 aliphatic heterocycles. The third-order valence-corrected chi connectivity index (χ3v) is 7.68. The third kappa shape index (κ3) is 5.53. The van der Waals surface area contributed by atoms with Crippen molar-refractivity contribution in [3.8, 4) is 34.2 Å². The van der Waals surface area contributed by atoms with Gasteiger partial charge in [0.2, 0.25) is 5.91 Å². The van der Waals surface area contributed by atoms with Gasteiger partial charge >= 0.3 is 0 Å². The van der Waals surface area contributed by atoms with Crippen molar-refractivity contribution in [3.63, 3.8) is 0 Å². The SMILES string of the molecule is COc1ccc(CCNC(=O)Cc2csc3nc(C)c(-c4cc(C)n(-c5ccccc5OC)n4)c(=O)n23)cc1OC. The summed E-state index contributed by atoms with van der Waals surface area (Å²) in [6.45, 7) is 4.16. The predicted octanol–water partition coefficient (Wildman–Crippen LogP) is 4.15. The van der Waals surface area contributed by atoms with Crippen LogP contribution in [-0.2, 0) is 17.6 Å². The van der Waals surface area contributed by atoms with E-state index in [1.807, 2.05) is 55.5 Å². The van der Waals surface area contributed by atoms with Gasteiger partial charge in [0.25, 0.3) is 5.56 Å². The van der Waals surface area contributed by atoms with Gasteiger partial charge < -0.3 is 19.5 Å². The number of hydrogen-bond acceptors (Lipinski definition) is 8. The topological polar surface area (TPSA) is 109 Å². The molecule has 0 aliphatic rings. The first-order chi connectivity index (χ1) is 19.8. The lowest BCUT2D eigenvalue weighted by molar-refractivity contribution is -0.120. The van der Waals surface area contributed by atoms with E-state index < -0.39 is 0 Å². The number of aromatic nitrogens is 4. The van der Waals surface area contributed by atoms with Gasteiger partial charge in [0, 0.05) is 23.3 Å². The first-order valence-electron chi connectivity index (χ1n) is 13.0. The molecule has 11 heteroatoms. The maximum atomic E-state index is 13.8. The first kappa shape index (κ1) is 27.9. The van der Waals surface area contributed by atoms with Crippen molar-refractivity contribution in [2.45, 2.75) is 26.7 Å². The summed E-state index contributed by atoms with van der Waals surface area (Å²) in [6, 6.07) is 15.1. The van der Waals surface area contributed by atoms with E-state index in [9.17, 15) is 9.59 Å². The fourth-order valence-electron chi connectivity index (χ4n) is 4.78. The van der Waals surface area contributed by atoms with Gasteiger partial charge in [-0.15, -0.1) is 11.3 Å². The number of rotatable bonds is 10. The Morgan fingerprint density at radius 1 is 0.976 bits per heavy atom. The molecule has 0 unspecified atom stereocenters. The molecule has 0 bridgehead atoms. The van der Waals surface area contributed by atoms with E-state index >= 15 is 0 Å². The fraction of sp³-hybridized carbons (Fsp3) is 0.267. The largest absolute Gasteiger partial charge is 0.494 e. The van der Waals surface area contributed by atoms with Crippen LogP contribution in [0.5, 0.6) is 17.2 Å². The molecule has 3 aromatic heterocycles. The number of para-hydroxylation sites is 2. The second-order valence-electron chi connectivity index (χ2n) is 9.44. The van der Waals surface area contributed by atoms with E-state index in [0.717, 1.165) is 16.9 Å². The summed E-state index contributed by atoms with van der Waals surface area (Å²) in [7, 11) is 4.79. The second kappa shape index (κ2) is 11.8. The number of carbonyl (C=O) groups excluding carboxylic acids is 1. The van der Waals surface area contributed by atoms with Gasteiger partial charge in [0.05, 0.1) is 39.0 Å². The van der Waals surface area contributed by atoms with Crippen molar-refractivity contribution in [3.05, 3.63) is 86.9 Å². The molecule has 3 heterocycles. The smallest absolute Gasteiger partial charge is 0.268 e. The number of amides is 1. The Morgan fingerprint density at radius 2 is 1.73 bits per heavy atom. The molecular formula is C30H31N5O5S. The average Bonchev–Trinajstić information content (AvgIpc) is 3.55. The quantitative estimate of drug-likeness (QED) is 0.267. The van der Waals surface area contributed by atoms with E-state index in [2.05, 4.69) is 10.3 Å². The zero-order valence-electron chi connectivity index (χ0n) is 23.6. The molecule has 10 nitrogen and oxygen atoms in total. The molecule has 0 saturated carbocycles. The van der Waals surface area contributed by atoms with E-state index in [-0.39, 0.29) is 17.9 Å². The number of methoxy groups -OCH3 is 3. The number of hydrogen-bond donors (Lipinski definition) is 1.